The van der Waals surface area contributed by atoms with E-state index in [2.05, 4.69) is 54.3 Å². The Balaban J connectivity index is 0.000000159. The van der Waals surface area contributed by atoms with Crippen LogP contribution in [0.3, 0.4) is 0 Å². The van der Waals surface area contributed by atoms with Gasteiger partial charge in [-0.2, -0.15) is 70.7 Å². The van der Waals surface area contributed by atoms with Gasteiger partial charge in [0.1, 0.15) is 18.4 Å². The minimum absolute atomic E-state index is 0.110. The summed E-state index contributed by atoms with van der Waals surface area (Å²) in [5.74, 6) is 0.110. The van der Waals surface area contributed by atoms with Crippen LogP contribution in [0, 0.1) is 0 Å². The molecule has 387 valence electrons. The van der Waals surface area contributed by atoms with Crippen molar-refractivity contribution in [1.82, 2.24) is 46.9 Å². The second-order valence-electron chi connectivity index (χ2n) is 16.1. The van der Waals surface area contributed by atoms with Crippen molar-refractivity contribution in [1.29, 1.82) is 0 Å². The molecule has 3 N–H and O–H groups in total. The van der Waals surface area contributed by atoms with Crippen LogP contribution in [0.4, 0.5) is 36.6 Å². The Labute approximate surface area is 436 Å². The number of hydrogen-bond acceptors (Lipinski definition) is 14. The zero-order valence-corrected chi connectivity index (χ0v) is 43.3. The summed E-state index contributed by atoms with van der Waals surface area (Å²) in [5.41, 5.74) is 5.32. The first-order valence-electron chi connectivity index (χ1n) is 21.6. The average Bonchev–Trinajstić information content (AvgIpc) is 4.22. The second-order valence-corrected chi connectivity index (χ2v) is 21.8. The Morgan fingerprint density at radius 2 is 1.15 bits per heavy atom. The van der Waals surface area contributed by atoms with Crippen LogP contribution in [-0.2, 0) is 72.8 Å². The zero-order chi connectivity index (χ0) is 53.0. The van der Waals surface area contributed by atoms with Gasteiger partial charge in [-0.3, -0.25) is 9.36 Å². The molecule has 1 radical (unpaired) electrons. The van der Waals surface area contributed by atoms with E-state index >= 15 is 0 Å². The monoisotopic (exact) mass is 1160 g/mol. The van der Waals surface area contributed by atoms with E-state index in [1.807, 2.05) is 30.3 Å². The maximum Gasteiger partial charge on any atom is 0.569 e. The largest absolute Gasteiger partial charge is 0.569 e. The summed E-state index contributed by atoms with van der Waals surface area (Å²) in [6.07, 6.45) is -2.27. The van der Waals surface area contributed by atoms with Gasteiger partial charge in [-0.1, -0.05) is 52.3 Å². The molecule has 4 aromatic heterocycles. The quantitative estimate of drug-likeness (QED) is 0.0823. The van der Waals surface area contributed by atoms with Gasteiger partial charge in [0, 0.05) is 91.3 Å². The topological polar surface area (TPSA) is 215 Å². The number of anilines is 2. The maximum atomic E-state index is 13.5. The van der Waals surface area contributed by atoms with E-state index < -0.39 is 43.9 Å². The minimum atomic E-state index is -4.49. The molecule has 0 amide bonds. The van der Waals surface area contributed by atoms with Gasteiger partial charge in [-0.05, 0) is 94.8 Å². The second kappa shape index (κ2) is 22.3. The van der Waals surface area contributed by atoms with Crippen molar-refractivity contribution < 1.29 is 52.9 Å². The lowest BCUT2D eigenvalue weighted by atomic mass is 9.88. The molecule has 0 aliphatic carbocycles. The maximum absolute atomic E-state index is 13.5. The van der Waals surface area contributed by atoms with Crippen LogP contribution >= 0.6 is 39.0 Å². The molecule has 2 aliphatic rings. The lowest BCUT2D eigenvalue weighted by Crippen LogP contribution is -2.39. The third-order valence-corrected chi connectivity index (χ3v) is 16.6. The van der Waals surface area contributed by atoms with Gasteiger partial charge < -0.3 is 9.68 Å². The van der Waals surface area contributed by atoms with E-state index in [9.17, 15) is 43.2 Å². The van der Waals surface area contributed by atoms with Gasteiger partial charge in [0.05, 0.1) is 22.5 Å². The Hall–Kier alpha value is -6.28. The molecule has 6 heterocycles. The van der Waals surface area contributed by atoms with Crippen LogP contribution in [0.1, 0.15) is 33.4 Å². The van der Waals surface area contributed by atoms with Crippen molar-refractivity contribution in [2.24, 2.45) is 14.1 Å². The summed E-state index contributed by atoms with van der Waals surface area (Å²) >= 11 is 5.46. The molecule has 0 fully saturated rings. The SMILES string of the molecule is Cn1nccc1-c1cc(C(F)(F)F)ccc1-c1cccc2c1CCN(S(=O)(=O)Nc1ncns1)C2.Cn1nccc1-c1cc(C(F)(F)F)ccc1O[B]O.O=S(=O)(Nc1ncns1)N1CCc2c(Br)cccc2C1. The summed E-state index contributed by atoms with van der Waals surface area (Å²) in [4.78, 5) is 7.70. The predicted octanol–water partition coefficient (Wildman–Crippen LogP) is 8.37. The number of aromatic nitrogens is 8. The number of nitrogens with zero attached hydrogens (tertiary/aromatic N) is 10. The molecule has 8 aromatic rings. The summed E-state index contributed by atoms with van der Waals surface area (Å²) in [5, 5.41) is 17.1. The van der Waals surface area contributed by atoms with E-state index in [1.165, 1.54) is 54.7 Å². The van der Waals surface area contributed by atoms with Crippen molar-refractivity contribution >= 4 is 77.4 Å². The Morgan fingerprint density at radius 3 is 1.65 bits per heavy atom. The van der Waals surface area contributed by atoms with Gasteiger partial charge in [-0.15, -0.1) is 0 Å². The molecule has 0 saturated heterocycles. The highest BCUT2D eigenvalue weighted by molar-refractivity contribution is 9.10. The van der Waals surface area contributed by atoms with E-state index in [-0.39, 0.29) is 34.7 Å². The third kappa shape index (κ3) is 12.4. The van der Waals surface area contributed by atoms with Gasteiger partial charge >= 0.3 is 40.5 Å². The lowest BCUT2D eigenvalue weighted by Gasteiger charge is -2.29. The smallest absolute Gasteiger partial charge is 0.537 e. The number of hydrogen-bond donors (Lipinski definition) is 3. The molecule has 2 aliphatic heterocycles. The molecule has 74 heavy (non-hydrogen) atoms. The Kier molecular flexibility index (Phi) is 16.3. The van der Waals surface area contributed by atoms with Crippen molar-refractivity contribution in [3.8, 4) is 39.4 Å². The normalized spacial score (nSPS) is 14.1. The minimum Gasteiger partial charge on any atom is -0.537 e. The summed E-state index contributed by atoms with van der Waals surface area (Å²) in [6.45, 7) is 1.14. The zero-order valence-electron chi connectivity index (χ0n) is 38.5. The molecule has 0 spiro atoms. The summed E-state index contributed by atoms with van der Waals surface area (Å²) < 4.78 is 153. The number of rotatable bonds is 11. The summed E-state index contributed by atoms with van der Waals surface area (Å²) in [7, 11) is -3.74. The molecule has 30 heteroatoms. The van der Waals surface area contributed by atoms with Gasteiger partial charge in [-0.25, -0.2) is 19.4 Å². The highest BCUT2D eigenvalue weighted by Gasteiger charge is 2.34. The van der Waals surface area contributed by atoms with Gasteiger partial charge in [0.15, 0.2) is 0 Å². The average molecular weight is 1160 g/mol. The molecular weight excluding hydrogens is 1130 g/mol. The highest BCUT2D eigenvalue weighted by atomic mass is 79.9. The first-order chi connectivity index (χ1) is 35.1. The first-order valence-corrected chi connectivity index (χ1v) is 26.8. The van der Waals surface area contributed by atoms with Crippen molar-refractivity contribution in [3.63, 3.8) is 0 Å². The van der Waals surface area contributed by atoms with Gasteiger partial charge in [0.25, 0.3) is 0 Å². The van der Waals surface area contributed by atoms with Crippen molar-refractivity contribution in [2.45, 2.75) is 38.3 Å². The van der Waals surface area contributed by atoms with E-state index in [1.54, 1.807) is 32.3 Å². The van der Waals surface area contributed by atoms with E-state index in [0.29, 0.717) is 56.1 Å². The number of halogens is 7. The molecule has 10 rings (SSSR count). The molecule has 18 nitrogen and oxygen atoms in total. The number of benzene rings is 4. The van der Waals surface area contributed by atoms with Crippen LogP contribution in [0.15, 0.2) is 114 Å². The fraction of sp³-hybridized carbons (Fsp3) is 0.227. The molecule has 0 unspecified atom stereocenters. The molecule has 0 atom stereocenters. The molecule has 4 aromatic carbocycles. The predicted molar refractivity (Wildman–Crippen MR) is 269 cm³/mol. The molecular formula is C44H39BBrF6N12O6S4. The van der Waals surface area contributed by atoms with E-state index in [0.717, 1.165) is 80.1 Å². The number of aryl methyl sites for hydroxylation is 2. The summed E-state index contributed by atoms with van der Waals surface area (Å²) in [6, 6.07) is 21.2. The van der Waals surface area contributed by atoms with Crippen LogP contribution < -0.4 is 14.1 Å². The Morgan fingerprint density at radius 1 is 0.649 bits per heavy atom. The standard InChI is InChI=1S/C22H19F3N6O2S2.C11H9BF3N2O2.C11H11BrN4O2S2/c1-30-20(7-9-27-30)19-11-15(22(23,24)25)5-6-18(19)17-4-2-3-14-12-31(10-8-16(14)17)35(32,33)29-21-26-13-28-34-21;1-17-9(4-5-16-17)8-6-7(11(13,14)15)2-3-10(8)19-12-18;12-10-3-1-2-8-6-16(5-4-9(8)10)20(17,18)15-11-13-7-14-19-11/h2-7,9,11,13H,8,10,12H2,1H3,(H,26,28,29);2-6,18H,1H3;1-3,7H,4-6H2,(H,13,14,15). The Bertz CT molecular complexity index is 3480. The molecule has 0 bridgehead atoms. The fourth-order valence-corrected chi connectivity index (χ4v) is 12.3. The highest BCUT2D eigenvalue weighted by Crippen LogP contribution is 2.41. The van der Waals surface area contributed by atoms with Crippen LogP contribution in [-0.4, -0.2) is 89.5 Å². The van der Waals surface area contributed by atoms with Crippen LogP contribution in [0.25, 0.3) is 33.6 Å². The lowest BCUT2D eigenvalue weighted by molar-refractivity contribution is -0.138. The number of alkyl halides is 6. The van der Waals surface area contributed by atoms with Crippen molar-refractivity contribution in [3.05, 3.63) is 148 Å². The number of nitrogens with one attached hydrogen (secondary N) is 2. The van der Waals surface area contributed by atoms with Crippen molar-refractivity contribution in [2.75, 3.05) is 22.5 Å². The third-order valence-electron chi connectivity index (χ3n) is 11.6. The first kappa shape index (κ1) is 54.0. The number of fused-ring (bicyclic) bond motifs is 2. The van der Waals surface area contributed by atoms with Gasteiger partial charge in [0.2, 0.25) is 10.3 Å². The van der Waals surface area contributed by atoms with E-state index in [4.69, 9.17) is 9.68 Å². The molecule has 0 saturated carbocycles. The fourth-order valence-electron chi connectivity index (χ4n) is 8.08. The van der Waals surface area contributed by atoms with Crippen LogP contribution in [0.5, 0.6) is 5.75 Å². The van der Waals surface area contributed by atoms with Crippen LogP contribution in [0.2, 0.25) is 0 Å².